The Morgan fingerprint density at radius 1 is 1.43 bits per heavy atom. The Labute approximate surface area is 121 Å². The van der Waals surface area contributed by atoms with Gasteiger partial charge >= 0.3 is 12.0 Å². The third-order valence-corrected chi connectivity index (χ3v) is 3.41. The molecule has 1 atom stereocenters. The van der Waals surface area contributed by atoms with Crippen LogP contribution in [0.4, 0.5) is 10.5 Å². The minimum absolute atomic E-state index is 0.0722. The van der Waals surface area contributed by atoms with Crippen molar-refractivity contribution >= 4 is 23.6 Å². The molecule has 1 fully saturated rings. The fourth-order valence-corrected chi connectivity index (χ4v) is 2.39. The Morgan fingerprint density at radius 2 is 2.14 bits per heavy atom. The second-order valence-electron chi connectivity index (χ2n) is 4.90. The predicted octanol–water partition coefficient (Wildman–Crippen LogP) is 1.19. The molecule has 1 heterocycles. The number of benzene rings is 1. The van der Waals surface area contributed by atoms with Crippen molar-refractivity contribution in [3.05, 3.63) is 29.3 Å². The third kappa shape index (κ3) is 2.81. The first kappa shape index (κ1) is 14.8. The number of carbonyl (C=O) groups excluding carboxylic acids is 2. The van der Waals surface area contributed by atoms with Crippen molar-refractivity contribution in [1.82, 2.24) is 10.2 Å². The van der Waals surface area contributed by atoms with Gasteiger partial charge in [-0.1, -0.05) is 25.5 Å². The highest BCUT2D eigenvalue weighted by atomic mass is 16.4. The summed E-state index contributed by atoms with van der Waals surface area (Å²) in [4.78, 5) is 36.3. The van der Waals surface area contributed by atoms with Crippen molar-refractivity contribution in [2.24, 2.45) is 0 Å². The molecule has 0 aliphatic carbocycles. The summed E-state index contributed by atoms with van der Waals surface area (Å²) in [5, 5.41) is 11.8. The Bertz CT molecular complexity index is 600. The van der Waals surface area contributed by atoms with Crippen molar-refractivity contribution in [3.63, 3.8) is 0 Å². The lowest BCUT2D eigenvalue weighted by atomic mass is 10.0. The van der Waals surface area contributed by atoms with E-state index in [1.165, 1.54) is 6.07 Å². The lowest BCUT2D eigenvalue weighted by Crippen LogP contribution is -2.31. The quantitative estimate of drug-likeness (QED) is 0.557. The van der Waals surface area contributed by atoms with Gasteiger partial charge in [-0.2, -0.15) is 0 Å². The second-order valence-corrected chi connectivity index (χ2v) is 4.90. The molecule has 21 heavy (non-hydrogen) atoms. The summed E-state index contributed by atoms with van der Waals surface area (Å²) in [6.07, 6.45) is 1.33. The molecular formula is C14H17N3O4. The number of nitrogens with one attached hydrogen (secondary N) is 1. The Kier molecular flexibility index (Phi) is 4.11. The van der Waals surface area contributed by atoms with Crippen molar-refractivity contribution in [1.29, 1.82) is 0 Å². The number of aromatic carboxylic acids is 1. The van der Waals surface area contributed by atoms with E-state index < -0.39 is 18.0 Å². The van der Waals surface area contributed by atoms with E-state index in [9.17, 15) is 19.5 Å². The number of nitrogens with two attached hydrogens (primary N) is 1. The van der Waals surface area contributed by atoms with E-state index in [4.69, 9.17) is 5.73 Å². The van der Waals surface area contributed by atoms with Gasteiger partial charge in [0.2, 0.25) is 0 Å². The normalized spacial score (nSPS) is 18.0. The number of carboxylic acids is 1. The zero-order valence-electron chi connectivity index (χ0n) is 11.6. The first-order chi connectivity index (χ1) is 9.95. The number of carbonyl (C=O) groups is 3. The summed E-state index contributed by atoms with van der Waals surface area (Å²) in [7, 11) is 0. The maximum absolute atomic E-state index is 12.1. The van der Waals surface area contributed by atoms with Crippen molar-refractivity contribution in [3.8, 4) is 0 Å². The molecule has 7 heteroatoms. The van der Waals surface area contributed by atoms with Gasteiger partial charge in [-0.25, -0.2) is 9.59 Å². The number of nitrogens with zero attached hydrogens (tertiary/aromatic N) is 1. The fraction of sp³-hybridized carbons (Fsp3) is 0.357. The molecule has 1 saturated heterocycles. The molecular weight excluding hydrogens is 274 g/mol. The molecule has 0 bridgehead atoms. The van der Waals surface area contributed by atoms with Gasteiger partial charge in [0.25, 0.3) is 5.91 Å². The minimum atomic E-state index is -1.18. The predicted molar refractivity (Wildman–Crippen MR) is 75.6 cm³/mol. The smallest absolute Gasteiger partial charge is 0.338 e. The van der Waals surface area contributed by atoms with E-state index in [0.29, 0.717) is 12.0 Å². The number of hydrogen-bond donors (Lipinski definition) is 3. The minimum Gasteiger partial charge on any atom is -0.478 e. The average molecular weight is 291 g/mol. The van der Waals surface area contributed by atoms with Gasteiger partial charge in [0, 0.05) is 5.69 Å². The van der Waals surface area contributed by atoms with Gasteiger partial charge in [0.15, 0.2) is 0 Å². The summed E-state index contributed by atoms with van der Waals surface area (Å²) < 4.78 is 0. The zero-order chi connectivity index (χ0) is 15.6. The fourth-order valence-electron chi connectivity index (χ4n) is 2.39. The molecule has 1 aliphatic rings. The molecule has 0 saturated carbocycles. The molecule has 112 valence electrons. The van der Waals surface area contributed by atoms with E-state index in [1.807, 2.05) is 6.92 Å². The number of amides is 3. The van der Waals surface area contributed by atoms with E-state index in [1.54, 1.807) is 12.1 Å². The highest BCUT2D eigenvalue weighted by Crippen LogP contribution is 2.21. The van der Waals surface area contributed by atoms with Crippen LogP contribution in [0.3, 0.4) is 0 Å². The van der Waals surface area contributed by atoms with E-state index in [-0.39, 0.29) is 23.7 Å². The summed E-state index contributed by atoms with van der Waals surface area (Å²) in [5.41, 5.74) is 6.03. The summed E-state index contributed by atoms with van der Waals surface area (Å²) in [5.74, 6) is -1.51. The molecule has 1 aromatic rings. The van der Waals surface area contributed by atoms with E-state index in [0.717, 1.165) is 11.3 Å². The number of rotatable bonds is 5. The monoisotopic (exact) mass is 291 g/mol. The van der Waals surface area contributed by atoms with Crippen molar-refractivity contribution in [2.75, 3.05) is 5.73 Å². The van der Waals surface area contributed by atoms with Crippen LogP contribution in [-0.4, -0.2) is 34.0 Å². The SMILES string of the molecule is CCCC1NC(=O)N(Cc2cccc(N)c2C(=O)O)C1=O. The molecule has 1 aromatic carbocycles. The van der Waals surface area contributed by atoms with Crippen LogP contribution < -0.4 is 11.1 Å². The Hall–Kier alpha value is -2.57. The van der Waals surface area contributed by atoms with Crippen LogP contribution in [-0.2, 0) is 11.3 Å². The standard InChI is InChI=1S/C14H17N3O4/c1-2-4-10-12(18)17(14(21)16-10)7-8-5-3-6-9(15)11(8)13(19)20/h3,5-6,10H,2,4,7,15H2,1H3,(H,16,21)(H,19,20). The highest BCUT2D eigenvalue weighted by Gasteiger charge is 2.37. The van der Waals surface area contributed by atoms with Crippen molar-refractivity contribution < 1.29 is 19.5 Å². The van der Waals surface area contributed by atoms with Crippen molar-refractivity contribution in [2.45, 2.75) is 32.4 Å². The van der Waals surface area contributed by atoms with Gasteiger partial charge in [0.05, 0.1) is 12.1 Å². The van der Waals surface area contributed by atoms with Crippen LogP contribution in [0, 0.1) is 0 Å². The number of carboxylic acid groups (broad SMARTS) is 1. The molecule has 1 aliphatic heterocycles. The van der Waals surface area contributed by atoms with Gasteiger partial charge in [0.1, 0.15) is 6.04 Å². The van der Waals surface area contributed by atoms with Crippen LogP contribution in [0.25, 0.3) is 0 Å². The molecule has 0 radical (unpaired) electrons. The van der Waals surface area contributed by atoms with Gasteiger partial charge < -0.3 is 16.2 Å². The molecule has 1 unspecified atom stereocenters. The topological polar surface area (TPSA) is 113 Å². The third-order valence-electron chi connectivity index (χ3n) is 3.41. The van der Waals surface area contributed by atoms with Crippen LogP contribution >= 0.6 is 0 Å². The highest BCUT2D eigenvalue weighted by molar-refractivity contribution is 6.04. The second kappa shape index (κ2) is 5.82. The molecule has 4 N–H and O–H groups in total. The number of imide groups is 1. The number of anilines is 1. The van der Waals surface area contributed by atoms with E-state index >= 15 is 0 Å². The van der Waals surface area contributed by atoms with Gasteiger partial charge in [-0.05, 0) is 18.1 Å². The molecule has 0 aromatic heterocycles. The van der Waals surface area contributed by atoms with Crippen LogP contribution in [0.2, 0.25) is 0 Å². The average Bonchev–Trinajstić information content (AvgIpc) is 2.67. The number of urea groups is 1. The Morgan fingerprint density at radius 3 is 2.76 bits per heavy atom. The first-order valence-electron chi connectivity index (χ1n) is 6.68. The van der Waals surface area contributed by atoms with Gasteiger partial charge in [-0.3, -0.25) is 9.69 Å². The first-order valence-corrected chi connectivity index (χ1v) is 6.68. The Balaban J connectivity index is 2.27. The number of nitrogen functional groups attached to an aromatic ring is 1. The molecule has 0 spiro atoms. The maximum atomic E-state index is 12.1. The summed E-state index contributed by atoms with van der Waals surface area (Å²) in [6, 6.07) is 3.58. The lowest BCUT2D eigenvalue weighted by Gasteiger charge is -2.15. The zero-order valence-corrected chi connectivity index (χ0v) is 11.6. The number of hydrogen-bond acceptors (Lipinski definition) is 4. The molecule has 7 nitrogen and oxygen atoms in total. The van der Waals surface area contributed by atoms with Gasteiger partial charge in [-0.15, -0.1) is 0 Å². The van der Waals surface area contributed by atoms with E-state index in [2.05, 4.69) is 5.32 Å². The molecule has 2 rings (SSSR count). The lowest BCUT2D eigenvalue weighted by molar-refractivity contribution is -0.128. The van der Waals surface area contributed by atoms with Crippen LogP contribution in [0.1, 0.15) is 35.7 Å². The summed E-state index contributed by atoms with van der Waals surface area (Å²) in [6.45, 7) is 1.82. The van der Waals surface area contributed by atoms with Crippen LogP contribution in [0.15, 0.2) is 18.2 Å². The summed E-state index contributed by atoms with van der Waals surface area (Å²) >= 11 is 0. The largest absolute Gasteiger partial charge is 0.478 e. The maximum Gasteiger partial charge on any atom is 0.338 e. The molecule has 3 amide bonds. The van der Waals surface area contributed by atoms with Crippen LogP contribution in [0.5, 0.6) is 0 Å².